The van der Waals surface area contributed by atoms with Crippen LogP contribution in [0.4, 0.5) is 4.79 Å². The van der Waals surface area contributed by atoms with Crippen LogP contribution in [0, 0.1) is 0 Å². The lowest BCUT2D eigenvalue weighted by atomic mass is 9.88. The highest BCUT2D eigenvalue weighted by Gasteiger charge is 2.37. The number of imidazole rings is 1. The topological polar surface area (TPSA) is 161 Å². The van der Waals surface area contributed by atoms with Gasteiger partial charge in [-0.1, -0.05) is 24.6 Å². The average Bonchev–Trinajstić information content (AvgIpc) is 3.76. The van der Waals surface area contributed by atoms with Crippen molar-refractivity contribution in [2.75, 3.05) is 32.7 Å². The van der Waals surface area contributed by atoms with E-state index in [-0.39, 0.29) is 11.9 Å². The number of aromatic nitrogens is 3. The van der Waals surface area contributed by atoms with Crippen molar-refractivity contribution in [1.29, 1.82) is 0 Å². The molecule has 6 N–H and O–H groups in total. The number of ether oxygens (including phenoxy) is 1. The maximum atomic E-state index is 13.8. The first-order valence-corrected chi connectivity index (χ1v) is 18.5. The van der Waals surface area contributed by atoms with E-state index >= 15 is 0 Å². The monoisotopic (exact) mass is 690 g/mol. The van der Waals surface area contributed by atoms with Crippen LogP contribution in [0.2, 0.25) is 0 Å². The molecular weight excluding hydrogens is 632 g/mol. The van der Waals surface area contributed by atoms with E-state index in [9.17, 15) is 14.4 Å². The second kappa shape index (κ2) is 16.4. The van der Waals surface area contributed by atoms with Gasteiger partial charge in [0.1, 0.15) is 17.5 Å². The fourth-order valence-corrected chi connectivity index (χ4v) is 7.10. The maximum absolute atomic E-state index is 13.8. The van der Waals surface area contributed by atoms with Crippen LogP contribution in [0.3, 0.4) is 0 Å². The number of nitrogens with two attached hydrogens (primary N) is 1. The molecule has 3 aromatic rings. The van der Waals surface area contributed by atoms with Crippen molar-refractivity contribution in [3.8, 4) is 0 Å². The Bertz CT molecular complexity index is 1580. The highest BCUT2D eigenvalue weighted by atomic mass is 16.6. The number of fused-ring (bicyclic) bond motifs is 1. The molecule has 0 spiro atoms. The smallest absolute Gasteiger partial charge is 0.329 e. The molecule has 2 aliphatic rings. The molecule has 2 unspecified atom stereocenters. The van der Waals surface area contributed by atoms with Crippen molar-refractivity contribution in [2.24, 2.45) is 5.73 Å². The van der Waals surface area contributed by atoms with E-state index in [1.165, 1.54) is 19.3 Å². The predicted molar refractivity (Wildman–Crippen MR) is 196 cm³/mol. The summed E-state index contributed by atoms with van der Waals surface area (Å²) < 4.78 is 5.64. The second-order valence-electron chi connectivity index (χ2n) is 15.5. The van der Waals surface area contributed by atoms with Gasteiger partial charge in [-0.2, -0.15) is 0 Å². The number of aromatic amines is 2. The van der Waals surface area contributed by atoms with Crippen LogP contribution in [0.1, 0.15) is 109 Å². The molecule has 12 nitrogen and oxygen atoms in total. The number of unbranched alkanes of at least 4 members (excludes halogenated alkanes) is 1. The quantitative estimate of drug-likeness (QED) is 0.124. The first kappa shape index (κ1) is 37.4. The maximum Gasteiger partial charge on any atom is 0.329 e. The summed E-state index contributed by atoms with van der Waals surface area (Å²) >= 11 is 0. The van der Waals surface area contributed by atoms with Crippen LogP contribution < -0.4 is 16.4 Å². The van der Waals surface area contributed by atoms with Gasteiger partial charge in [0.2, 0.25) is 5.91 Å². The number of rotatable bonds is 13. The van der Waals surface area contributed by atoms with Crippen molar-refractivity contribution >= 4 is 28.8 Å². The van der Waals surface area contributed by atoms with E-state index in [4.69, 9.17) is 15.5 Å². The van der Waals surface area contributed by atoms with Gasteiger partial charge in [0, 0.05) is 54.5 Å². The summed E-state index contributed by atoms with van der Waals surface area (Å²) in [7, 11) is 0. The van der Waals surface area contributed by atoms with Crippen LogP contribution in [-0.2, 0) is 26.2 Å². The molecule has 0 aliphatic carbocycles. The van der Waals surface area contributed by atoms with Gasteiger partial charge >= 0.3 is 12.0 Å². The first-order chi connectivity index (χ1) is 23.9. The lowest BCUT2D eigenvalue weighted by Gasteiger charge is -2.40. The number of piperidine rings is 2. The van der Waals surface area contributed by atoms with E-state index in [0.29, 0.717) is 56.5 Å². The minimum absolute atomic E-state index is 0.112. The summed E-state index contributed by atoms with van der Waals surface area (Å²) in [4.78, 5) is 56.7. The van der Waals surface area contributed by atoms with Gasteiger partial charge in [-0.05, 0) is 111 Å². The van der Waals surface area contributed by atoms with Crippen molar-refractivity contribution in [3.05, 3.63) is 53.7 Å². The number of nitrogens with one attached hydrogen (secondary N) is 4. The zero-order valence-corrected chi connectivity index (χ0v) is 30.6. The first-order valence-electron chi connectivity index (χ1n) is 18.5. The normalized spacial score (nSPS) is 17.8. The van der Waals surface area contributed by atoms with Gasteiger partial charge in [0.25, 0.3) is 0 Å². The molecule has 12 heteroatoms. The zero-order chi connectivity index (χ0) is 35.9. The summed E-state index contributed by atoms with van der Waals surface area (Å²) in [5.74, 6) is -0.232. The van der Waals surface area contributed by atoms with Gasteiger partial charge in [-0.15, -0.1) is 0 Å². The van der Waals surface area contributed by atoms with Crippen molar-refractivity contribution in [3.63, 3.8) is 0 Å². The number of carbonyl (C=O) groups excluding carboxylic acids is 3. The third-order valence-corrected chi connectivity index (χ3v) is 10.2. The molecule has 1 aromatic carbocycles. The number of hydrogen-bond donors (Lipinski definition) is 5. The third kappa shape index (κ3) is 9.45. The Balaban J connectivity index is 1.32. The number of carbonyl (C=O) groups is 3. The largest absolute Gasteiger partial charge is 0.458 e. The summed E-state index contributed by atoms with van der Waals surface area (Å²) in [6.07, 6.45) is 11.8. The molecule has 0 radical (unpaired) electrons. The molecule has 3 amide bonds. The molecular formula is C38H58N8O4. The van der Waals surface area contributed by atoms with Gasteiger partial charge in [-0.3, -0.25) is 4.79 Å². The predicted octanol–water partition coefficient (Wildman–Crippen LogP) is 5.07. The molecule has 4 heterocycles. The second-order valence-corrected chi connectivity index (χ2v) is 15.5. The number of likely N-dealkylation sites (tertiary alicyclic amines) is 2. The van der Waals surface area contributed by atoms with Crippen molar-refractivity contribution in [2.45, 2.75) is 122 Å². The molecule has 50 heavy (non-hydrogen) atoms. The molecule has 274 valence electrons. The summed E-state index contributed by atoms with van der Waals surface area (Å²) in [5.41, 5.74) is 6.61. The molecule has 5 rings (SSSR count). The summed E-state index contributed by atoms with van der Waals surface area (Å²) in [5, 5.41) is 7.32. The molecule has 2 aliphatic heterocycles. The molecule has 2 fully saturated rings. The van der Waals surface area contributed by atoms with Gasteiger partial charge in [0.05, 0.1) is 11.5 Å². The SMILES string of the molecule is CC(C)(C)OC(=O)C(CCCCN)NC(=O)C(C)(C)c1cnc(C(Cc2c[nH]c3ccccc23)NC(=O)N2CCC(N3CCCCC3)CC2)[nH]1. The molecule has 2 saturated heterocycles. The average molecular weight is 691 g/mol. The van der Waals surface area contributed by atoms with Crippen molar-refractivity contribution in [1.82, 2.24) is 35.4 Å². The Hall–Kier alpha value is -3.90. The fraction of sp³-hybridized carbons (Fsp3) is 0.632. The summed E-state index contributed by atoms with van der Waals surface area (Å²) in [6, 6.07) is 7.26. The number of hydrogen-bond acceptors (Lipinski definition) is 7. The van der Waals surface area contributed by atoms with Crippen molar-refractivity contribution < 1.29 is 19.1 Å². The van der Waals surface area contributed by atoms with Gasteiger partial charge in [0.15, 0.2) is 0 Å². The number of amides is 3. The Morgan fingerprint density at radius 1 is 1.00 bits per heavy atom. The van der Waals surface area contributed by atoms with Crippen LogP contribution in [0.25, 0.3) is 10.9 Å². The molecule has 0 bridgehead atoms. The van der Waals surface area contributed by atoms with Crippen LogP contribution in [-0.4, -0.2) is 93.1 Å². The van der Waals surface area contributed by atoms with E-state index in [1.54, 1.807) is 20.0 Å². The van der Waals surface area contributed by atoms with E-state index in [1.807, 2.05) is 50.1 Å². The standard InChI is InChI=1S/C38H58N8O4/c1-37(2,3)50-34(47)30(15-9-10-18-39)42-35(48)38(4,5)32-25-41-33(44-32)31(23-26-24-40-29-14-8-7-13-28(26)29)43-36(49)46-21-16-27(17-22-46)45-19-11-6-12-20-45/h7-8,13-14,24-25,27,30-31,40H,6,9-12,15-23,39H2,1-5H3,(H,41,44)(H,42,48)(H,43,49). The minimum Gasteiger partial charge on any atom is -0.458 e. The summed E-state index contributed by atoms with van der Waals surface area (Å²) in [6.45, 7) is 13.3. The molecule has 0 saturated carbocycles. The Morgan fingerprint density at radius 2 is 1.72 bits per heavy atom. The minimum atomic E-state index is -1.06. The highest BCUT2D eigenvalue weighted by Crippen LogP contribution is 2.28. The number of benzene rings is 1. The number of urea groups is 1. The fourth-order valence-electron chi connectivity index (χ4n) is 7.10. The Kier molecular flexibility index (Phi) is 12.3. The van der Waals surface area contributed by atoms with Crippen LogP contribution in [0.15, 0.2) is 36.7 Å². The number of para-hydroxylation sites is 1. The lowest BCUT2D eigenvalue weighted by Crippen LogP contribution is -2.51. The molecule has 2 aromatic heterocycles. The third-order valence-electron chi connectivity index (χ3n) is 10.2. The van der Waals surface area contributed by atoms with E-state index in [0.717, 1.165) is 48.8 Å². The Labute approximate surface area is 296 Å². The number of esters is 1. The number of H-pyrrole nitrogens is 2. The van der Waals surface area contributed by atoms with E-state index < -0.39 is 29.1 Å². The van der Waals surface area contributed by atoms with E-state index in [2.05, 4.69) is 31.6 Å². The van der Waals surface area contributed by atoms with Crippen LogP contribution in [0.5, 0.6) is 0 Å². The van der Waals surface area contributed by atoms with Crippen LogP contribution >= 0.6 is 0 Å². The Morgan fingerprint density at radius 3 is 2.42 bits per heavy atom. The highest BCUT2D eigenvalue weighted by molar-refractivity contribution is 5.91. The van der Waals surface area contributed by atoms with Gasteiger partial charge < -0.3 is 40.9 Å². The van der Waals surface area contributed by atoms with Gasteiger partial charge in [-0.25, -0.2) is 14.6 Å². The number of nitrogens with zero attached hydrogens (tertiary/aromatic N) is 3. The lowest BCUT2D eigenvalue weighted by molar-refractivity contribution is -0.159. The molecule has 2 atom stereocenters. The zero-order valence-electron chi connectivity index (χ0n) is 30.6.